The van der Waals surface area contributed by atoms with E-state index in [1.54, 1.807) is 0 Å². The summed E-state index contributed by atoms with van der Waals surface area (Å²) in [6, 6.07) is 0. The molecule has 0 atom stereocenters. The fourth-order valence-corrected chi connectivity index (χ4v) is 1.44. The molecule has 0 rings (SSSR count). The minimum atomic E-state index is 0.0710. The highest BCUT2D eigenvalue weighted by molar-refractivity contribution is 7.80. The topological polar surface area (TPSA) is 26.7 Å². The Morgan fingerprint density at radius 2 is 1.73 bits per heavy atom. The molecule has 0 amide bonds. The molecule has 0 fully saturated rings. The van der Waals surface area contributed by atoms with Crippen LogP contribution in [0.25, 0.3) is 0 Å². The van der Waals surface area contributed by atoms with Crippen molar-refractivity contribution in [3.05, 3.63) is 0 Å². The Morgan fingerprint density at radius 3 is 2.13 bits per heavy atom. The Kier molecular flexibility index (Phi) is 6.32. The van der Waals surface area contributed by atoms with E-state index in [-0.39, 0.29) is 10.6 Å². The molecule has 0 aliphatic carbocycles. The van der Waals surface area contributed by atoms with Crippen LogP contribution in [0.4, 0.5) is 0 Å². The molecule has 0 unspecified atom stereocenters. The van der Waals surface area contributed by atoms with Gasteiger partial charge >= 0.3 is 0 Å². The summed E-state index contributed by atoms with van der Waals surface area (Å²) >= 11 is 4.64. The van der Waals surface area contributed by atoms with Crippen molar-refractivity contribution in [2.24, 2.45) is 0 Å². The fourth-order valence-electron chi connectivity index (χ4n) is 1.22. The van der Waals surface area contributed by atoms with Gasteiger partial charge in [-0.3, -0.25) is 4.90 Å². The lowest BCUT2D eigenvalue weighted by Gasteiger charge is -2.32. The number of rotatable bonds is 6. The van der Waals surface area contributed by atoms with E-state index in [2.05, 4.69) is 44.9 Å². The third-order valence-electron chi connectivity index (χ3n) is 2.58. The highest BCUT2D eigenvalue weighted by Crippen LogP contribution is 2.10. The third kappa shape index (κ3) is 7.71. The largest absolute Gasteiger partial charge is 0.501 e. The summed E-state index contributed by atoms with van der Waals surface area (Å²) in [5, 5.41) is 9.01. The molecule has 0 aliphatic rings. The number of likely N-dealkylation sites (N-methyl/N-ethyl adjacent to an activating group) is 1. The second-order valence-electron chi connectivity index (χ2n) is 5.08. The number of hydrogen-bond acceptors (Lipinski definition) is 3. The predicted molar refractivity (Wildman–Crippen MR) is 69.7 cm³/mol. The van der Waals surface area contributed by atoms with E-state index in [1.165, 1.54) is 0 Å². The van der Waals surface area contributed by atoms with E-state index in [0.717, 1.165) is 19.5 Å². The Morgan fingerprint density at radius 1 is 1.20 bits per heavy atom. The van der Waals surface area contributed by atoms with Crippen LogP contribution in [0.2, 0.25) is 0 Å². The van der Waals surface area contributed by atoms with Crippen molar-refractivity contribution in [3.8, 4) is 0 Å². The van der Waals surface area contributed by atoms with Gasteiger partial charge in [-0.2, -0.15) is 0 Å². The van der Waals surface area contributed by atoms with Crippen LogP contribution < -0.4 is 0 Å². The lowest BCUT2D eigenvalue weighted by Crippen LogP contribution is -2.39. The standard InChI is InChI=1S/C11H24N2OS/c1-11(2,3)13(5)8-6-7-12(4)9-10(14)15/h6-9H2,1-5H3,(H,14,15). The van der Waals surface area contributed by atoms with Gasteiger partial charge in [-0.1, -0.05) is 0 Å². The fraction of sp³-hybridized carbons (Fsp3) is 0.909. The Bertz CT molecular complexity index is 201. The molecule has 0 heterocycles. The summed E-state index contributed by atoms with van der Waals surface area (Å²) in [4.78, 5) is 4.37. The normalized spacial score (nSPS) is 12.5. The van der Waals surface area contributed by atoms with Gasteiger partial charge in [-0.05, 0) is 66.6 Å². The summed E-state index contributed by atoms with van der Waals surface area (Å²) in [6.45, 7) is 9.14. The molecular weight excluding hydrogens is 208 g/mol. The van der Waals surface area contributed by atoms with Crippen LogP contribution >= 0.6 is 12.2 Å². The van der Waals surface area contributed by atoms with Gasteiger partial charge in [0.25, 0.3) is 0 Å². The molecule has 0 saturated carbocycles. The Labute approximate surface area is 99.1 Å². The minimum Gasteiger partial charge on any atom is -0.501 e. The Balaban J connectivity index is 3.66. The SMILES string of the molecule is CN(CCCN(C)C(C)(C)C)CC(O)=S. The van der Waals surface area contributed by atoms with E-state index in [1.807, 2.05) is 11.9 Å². The zero-order chi connectivity index (χ0) is 12.1. The van der Waals surface area contributed by atoms with Crippen molar-refractivity contribution in [2.75, 3.05) is 33.7 Å². The van der Waals surface area contributed by atoms with Crippen molar-refractivity contribution in [1.82, 2.24) is 9.80 Å². The van der Waals surface area contributed by atoms with Gasteiger partial charge in [-0.15, -0.1) is 0 Å². The third-order valence-corrected chi connectivity index (χ3v) is 2.71. The zero-order valence-electron chi connectivity index (χ0n) is 10.6. The zero-order valence-corrected chi connectivity index (χ0v) is 11.4. The maximum Gasteiger partial charge on any atom is 0.170 e. The first-order chi connectivity index (χ1) is 6.73. The number of aliphatic hydroxyl groups excluding tert-OH is 1. The monoisotopic (exact) mass is 232 g/mol. The van der Waals surface area contributed by atoms with Crippen LogP contribution in [-0.4, -0.2) is 59.2 Å². The molecule has 0 bridgehead atoms. The molecule has 0 aliphatic heterocycles. The highest BCUT2D eigenvalue weighted by atomic mass is 32.1. The van der Waals surface area contributed by atoms with Crippen LogP contribution in [0.15, 0.2) is 0 Å². The Hall–Kier alpha value is -0.190. The first-order valence-corrected chi connectivity index (χ1v) is 5.76. The molecule has 0 aromatic heterocycles. The van der Waals surface area contributed by atoms with Crippen LogP contribution in [0.3, 0.4) is 0 Å². The van der Waals surface area contributed by atoms with Gasteiger partial charge in [-0.25, -0.2) is 0 Å². The second kappa shape index (κ2) is 6.40. The average molecular weight is 232 g/mol. The lowest BCUT2D eigenvalue weighted by molar-refractivity contribution is 0.167. The van der Waals surface area contributed by atoms with Gasteiger partial charge in [0, 0.05) is 5.54 Å². The van der Waals surface area contributed by atoms with Crippen molar-refractivity contribution < 1.29 is 5.11 Å². The maximum atomic E-state index is 8.94. The molecule has 3 nitrogen and oxygen atoms in total. The quantitative estimate of drug-likeness (QED) is 0.708. The summed E-state index contributed by atoms with van der Waals surface area (Å²) in [5.41, 5.74) is 0.227. The van der Waals surface area contributed by atoms with Gasteiger partial charge in [0.2, 0.25) is 0 Å². The number of nitrogens with zero attached hydrogens (tertiary/aromatic N) is 2. The molecule has 1 N–H and O–H groups in total. The van der Waals surface area contributed by atoms with E-state index < -0.39 is 0 Å². The van der Waals surface area contributed by atoms with Gasteiger partial charge in [0.1, 0.15) is 0 Å². The van der Waals surface area contributed by atoms with Gasteiger partial charge in [0.05, 0.1) is 6.54 Å². The van der Waals surface area contributed by atoms with Crippen LogP contribution in [-0.2, 0) is 0 Å². The smallest absolute Gasteiger partial charge is 0.170 e. The number of hydrogen-bond donors (Lipinski definition) is 1. The molecular formula is C11H24N2OS. The molecule has 90 valence electrons. The average Bonchev–Trinajstić information content (AvgIpc) is 2.00. The summed E-state index contributed by atoms with van der Waals surface area (Å²) in [5.74, 6) is 0. The molecule has 4 heteroatoms. The minimum absolute atomic E-state index is 0.0710. The number of aliphatic hydroxyl groups is 1. The molecule has 0 aromatic carbocycles. The molecule has 15 heavy (non-hydrogen) atoms. The summed E-state index contributed by atoms with van der Waals surface area (Å²) in [6.07, 6.45) is 1.09. The van der Waals surface area contributed by atoms with Crippen LogP contribution in [0.1, 0.15) is 27.2 Å². The first-order valence-electron chi connectivity index (χ1n) is 5.35. The predicted octanol–water partition coefficient (Wildman–Crippen LogP) is 1.92. The van der Waals surface area contributed by atoms with Crippen molar-refractivity contribution >= 4 is 17.3 Å². The van der Waals surface area contributed by atoms with E-state index in [4.69, 9.17) is 5.11 Å². The van der Waals surface area contributed by atoms with Crippen molar-refractivity contribution in [1.29, 1.82) is 0 Å². The van der Waals surface area contributed by atoms with E-state index >= 15 is 0 Å². The van der Waals surface area contributed by atoms with E-state index in [0.29, 0.717) is 6.54 Å². The van der Waals surface area contributed by atoms with Gasteiger partial charge in [0.15, 0.2) is 5.05 Å². The molecule has 0 saturated heterocycles. The van der Waals surface area contributed by atoms with Crippen molar-refractivity contribution in [2.45, 2.75) is 32.7 Å². The number of thiocarbonyl (C=S) groups is 1. The first kappa shape index (κ1) is 14.8. The summed E-state index contributed by atoms with van der Waals surface area (Å²) in [7, 11) is 4.11. The molecule has 0 radical (unpaired) electrons. The van der Waals surface area contributed by atoms with E-state index in [9.17, 15) is 0 Å². The molecule has 0 spiro atoms. The second-order valence-corrected chi connectivity index (χ2v) is 5.55. The molecule has 0 aromatic rings. The maximum absolute atomic E-state index is 8.94. The highest BCUT2D eigenvalue weighted by Gasteiger charge is 2.16. The van der Waals surface area contributed by atoms with Crippen LogP contribution in [0, 0.1) is 0 Å². The lowest BCUT2D eigenvalue weighted by atomic mass is 10.1. The summed E-state index contributed by atoms with van der Waals surface area (Å²) < 4.78 is 0. The van der Waals surface area contributed by atoms with Crippen LogP contribution in [0.5, 0.6) is 0 Å². The van der Waals surface area contributed by atoms with Crippen molar-refractivity contribution in [3.63, 3.8) is 0 Å². The van der Waals surface area contributed by atoms with Gasteiger partial charge < -0.3 is 10.0 Å².